The Kier molecular flexibility index (Phi) is 5.77. The zero-order valence-corrected chi connectivity index (χ0v) is 12.7. The topological polar surface area (TPSA) is 78.9 Å². The summed E-state index contributed by atoms with van der Waals surface area (Å²) in [7, 11) is 0. The molecule has 0 aliphatic carbocycles. The number of carboxylic acids is 1. The molecule has 22 heavy (non-hydrogen) atoms. The molecule has 1 aromatic rings. The molecular formula is C16H22N2O4. The van der Waals surface area contributed by atoms with E-state index in [1.54, 1.807) is 24.3 Å². The molecule has 0 spiro atoms. The van der Waals surface area contributed by atoms with Gasteiger partial charge in [0.05, 0.1) is 5.56 Å². The Bertz CT molecular complexity index is 527. The monoisotopic (exact) mass is 306 g/mol. The predicted molar refractivity (Wildman–Crippen MR) is 82.2 cm³/mol. The SMILES string of the molecule is CC(NC(=O)c1ccccc1OCCN1CCCC1)C(=O)O. The maximum absolute atomic E-state index is 12.1. The second-order valence-electron chi connectivity index (χ2n) is 5.43. The van der Waals surface area contributed by atoms with Crippen molar-refractivity contribution in [3.8, 4) is 5.75 Å². The number of carboxylic acid groups (broad SMARTS) is 1. The van der Waals surface area contributed by atoms with Gasteiger partial charge in [0.25, 0.3) is 5.91 Å². The molecule has 0 radical (unpaired) electrons. The number of hydrogen-bond donors (Lipinski definition) is 2. The van der Waals surface area contributed by atoms with E-state index in [0.29, 0.717) is 17.9 Å². The van der Waals surface area contributed by atoms with E-state index in [1.165, 1.54) is 19.8 Å². The number of likely N-dealkylation sites (tertiary alicyclic amines) is 1. The van der Waals surface area contributed by atoms with Crippen molar-refractivity contribution in [3.05, 3.63) is 29.8 Å². The van der Waals surface area contributed by atoms with Gasteiger partial charge in [-0.25, -0.2) is 0 Å². The van der Waals surface area contributed by atoms with Gasteiger partial charge in [-0.1, -0.05) is 12.1 Å². The quantitative estimate of drug-likeness (QED) is 0.795. The number of para-hydroxylation sites is 1. The molecule has 6 heteroatoms. The van der Waals surface area contributed by atoms with Crippen LogP contribution >= 0.6 is 0 Å². The second-order valence-corrected chi connectivity index (χ2v) is 5.43. The van der Waals surface area contributed by atoms with Crippen LogP contribution in [0.25, 0.3) is 0 Å². The Balaban J connectivity index is 1.93. The number of nitrogens with one attached hydrogen (secondary N) is 1. The van der Waals surface area contributed by atoms with E-state index in [1.807, 2.05) is 0 Å². The van der Waals surface area contributed by atoms with Crippen molar-refractivity contribution in [2.75, 3.05) is 26.2 Å². The van der Waals surface area contributed by atoms with Gasteiger partial charge in [-0.15, -0.1) is 0 Å². The lowest BCUT2D eigenvalue weighted by molar-refractivity contribution is -0.138. The predicted octanol–water partition coefficient (Wildman–Crippen LogP) is 1.36. The van der Waals surface area contributed by atoms with Gasteiger partial charge in [-0.05, 0) is 45.0 Å². The molecular weight excluding hydrogens is 284 g/mol. The van der Waals surface area contributed by atoms with Crippen molar-refractivity contribution in [3.63, 3.8) is 0 Å². The molecule has 1 aromatic carbocycles. The van der Waals surface area contributed by atoms with Crippen molar-refractivity contribution in [1.82, 2.24) is 10.2 Å². The molecule has 1 heterocycles. The van der Waals surface area contributed by atoms with Crippen LogP contribution in [0.4, 0.5) is 0 Å². The van der Waals surface area contributed by atoms with E-state index in [0.717, 1.165) is 19.6 Å². The lowest BCUT2D eigenvalue weighted by Crippen LogP contribution is -2.38. The van der Waals surface area contributed by atoms with Crippen LogP contribution in [0.3, 0.4) is 0 Å². The van der Waals surface area contributed by atoms with Crippen LogP contribution in [0.1, 0.15) is 30.1 Å². The summed E-state index contributed by atoms with van der Waals surface area (Å²) >= 11 is 0. The Hall–Kier alpha value is -2.08. The van der Waals surface area contributed by atoms with E-state index < -0.39 is 17.9 Å². The summed E-state index contributed by atoms with van der Waals surface area (Å²) in [6.45, 7) is 4.97. The van der Waals surface area contributed by atoms with Crippen LogP contribution < -0.4 is 10.1 Å². The molecule has 0 aromatic heterocycles. The van der Waals surface area contributed by atoms with Crippen molar-refractivity contribution >= 4 is 11.9 Å². The number of nitrogens with zero attached hydrogens (tertiary/aromatic N) is 1. The third-order valence-electron chi connectivity index (χ3n) is 3.71. The largest absolute Gasteiger partial charge is 0.491 e. The van der Waals surface area contributed by atoms with Crippen LogP contribution in [-0.2, 0) is 4.79 Å². The highest BCUT2D eigenvalue weighted by atomic mass is 16.5. The molecule has 1 saturated heterocycles. The van der Waals surface area contributed by atoms with E-state index in [9.17, 15) is 9.59 Å². The minimum absolute atomic E-state index is 0.358. The number of rotatable bonds is 7. The zero-order chi connectivity index (χ0) is 15.9. The van der Waals surface area contributed by atoms with Gasteiger partial charge in [-0.2, -0.15) is 0 Å². The molecule has 0 bridgehead atoms. The van der Waals surface area contributed by atoms with Gasteiger partial charge in [0.15, 0.2) is 0 Å². The maximum Gasteiger partial charge on any atom is 0.325 e. The molecule has 2 N–H and O–H groups in total. The molecule has 1 aliphatic heterocycles. The third-order valence-corrected chi connectivity index (χ3v) is 3.71. The Morgan fingerprint density at radius 3 is 2.68 bits per heavy atom. The number of ether oxygens (including phenoxy) is 1. The average Bonchev–Trinajstić information content (AvgIpc) is 3.00. The van der Waals surface area contributed by atoms with Gasteiger partial charge in [0, 0.05) is 6.54 Å². The molecule has 2 rings (SSSR count). The third kappa shape index (κ3) is 4.46. The van der Waals surface area contributed by atoms with Crippen LogP contribution in [0.2, 0.25) is 0 Å². The van der Waals surface area contributed by atoms with Gasteiger partial charge >= 0.3 is 5.97 Å². The normalized spacial score (nSPS) is 16.2. The molecule has 1 aliphatic rings. The summed E-state index contributed by atoms with van der Waals surface area (Å²) in [5.41, 5.74) is 0.358. The van der Waals surface area contributed by atoms with E-state index in [-0.39, 0.29) is 0 Å². The highest BCUT2D eigenvalue weighted by molar-refractivity contribution is 5.98. The van der Waals surface area contributed by atoms with Crippen molar-refractivity contribution in [1.29, 1.82) is 0 Å². The summed E-state index contributed by atoms with van der Waals surface area (Å²) in [6, 6.07) is 5.94. The van der Waals surface area contributed by atoms with Gasteiger partial charge < -0.3 is 15.2 Å². The van der Waals surface area contributed by atoms with Gasteiger partial charge in [0.1, 0.15) is 18.4 Å². The number of benzene rings is 1. The van der Waals surface area contributed by atoms with Crippen LogP contribution in [0.15, 0.2) is 24.3 Å². The number of aliphatic carboxylic acids is 1. The first-order valence-electron chi connectivity index (χ1n) is 7.56. The van der Waals surface area contributed by atoms with Crippen LogP contribution in [-0.4, -0.2) is 54.2 Å². The molecule has 1 amide bonds. The van der Waals surface area contributed by atoms with E-state index in [4.69, 9.17) is 9.84 Å². The van der Waals surface area contributed by atoms with E-state index >= 15 is 0 Å². The standard InChI is InChI=1S/C16H22N2O4/c1-12(16(20)21)17-15(19)13-6-2-3-7-14(13)22-11-10-18-8-4-5-9-18/h2-3,6-7,12H,4-5,8-11H2,1H3,(H,17,19)(H,20,21). The lowest BCUT2D eigenvalue weighted by atomic mass is 10.1. The number of carbonyl (C=O) groups is 2. The summed E-state index contributed by atoms with van der Waals surface area (Å²) in [5.74, 6) is -1.02. The minimum Gasteiger partial charge on any atom is -0.491 e. The van der Waals surface area contributed by atoms with Crippen molar-refractivity contribution < 1.29 is 19.4 Å². The highest BCUT2D eigenvalue weighted by Gasteiger charge is 2.18. The molecule has 1 fully saturated rings. The van der Waals surface area contributed by atoms with Crippen molar-refractivity contribution in [2.24, 2.45) is 0 Å². The highest BCUT2D eigenvalue weighted by Crippen LogP contribution is 2.18. The summed E-state index contributed by atoms with van der Waals surface area (Å²) in [6.07, 6.45) is 2.46. The molecule has 120 valence electrons. The van der Waals surface area contributed by atoms with Gasteiger partial charge in [-0.3, -0.25) is 14.5 Å². The first-order valence-corrected chi connectivity index (χ1v) is 7.56. The summed E-state index contributed by atoms with van der Waals surface area (Å²) in [5, 5.41) is 11.3. The second kappa shape index (κ2) is 7.79. The fourth-order valence-electron chi connectivity index (χ4n) is 2.41. The number of carbonyl (C=O) groups excluding carboxylic acids is 1. The zero-order valence-electron chi connectivity index (χ0n) is 12.7. The lowest BCUT2D eigenvalue weighted by Gasteiger charge is -2.17. The van der Waals surface area contributed by atoms with Crippen LogP contribution in [0, 0.1) is 0 Å². The summed E-state index contributed by atoms with van der Waals surface area (Å²) in [4.78, 5) is 25.3. The maximum atomic E-state index is 12.1. The smallest absolute Gasteiger partial charge is 0.325 e. The minimum atomic E-state index is -1.07. The molecule has 0 saturated carbocycles. The first kappa shape index (κ1) is 16.3. The molecule has 1 atom stereocenters. The number of hydrogen-bond acceptors (Lipinski definition) is 4. The summed E-state index contributed by atoms with van der Waals surface area (Å²) < 4.78 is 5.71. The fourth-order valence-corrected chi connectivity index (χ4v) is 2.41. The first-order chi connectivity index (χ1) is 10.6. The molecule has 1 unspecified atom stereocenters. The molecule has 6 nitrogen and oxygen atoms in total. The van der Waals surface area contributed by atoms with Crippen molar-refractivity contribution in [2.45, 2.75) is 25.8 Å². The average molecular weight is 306 g/mol. The van der Waals surface area contributed by atoms with Gasteiger partial charge in [0.2, 0.25) is 0 Å². The Labute approximate surface area is 130 Å². The Morgan fingerprint density at radius 2 is 2.00 bits per heavy atom. The number of amides is 1. The fraction of sp³-hybridized carbons (Fsp3) is 0.500. The van der Waals surface area contributed by atoms with E-state index in [2.05, 4.69) is 10.2 Å². The Morgan fingerprint density at radius 1 is 1.32 bits per heavy atom. The van der Waals surface area contributed by atoms with Crippen LogP contribution in [0.5, 0.6) is 5.75 Å².